The number of nitrogens with zero attached hydrogens (tertiary/aromatic N) is 3. The van der Waals surface area contributed by atoms with Crippen LogP contribution in [0.5, 0.6) is 0 Å². The van der Waals surface area contributed by atoms with Crippen LogP contribution in [-0.4, -0.2) is 37.1 Å². The van der Waals surface area contributed by atoms with Gasteiger partial charge < -0.3 is 14.5 Å². The highest BCUT2D eigenvalue weighted by Gasteiger charge is 2.52. The van der Waals surface area contributed by atoms with E-state index in [1.165, 1.54) is 19.3 Å². The number of fused-ring (bicyclic) bond motifs is 2. The summed E-state index contributed by atoms with van der Waals surface area (Å²) in [6, 6.07) is 3.96. The molecule has 2 bridgehead atoms. The number of hydrogen-bond donors (Lipinski definition) is 0. The van der Waals surface area contributed by atoms with Crippen LogP contribution in [-0.2, 0) is 10.3 Å². The third-order valence-electron chi connectivity index (χ3n) is 5.03. The summed E-state index contributed by atoms with van der Waals surface area (Å²) in [5.41, 5.74) is 0.913. The molecule has 1 saturated heterocycles. The molecular formula is C16H21N3O. The zero-order valence-electron chi connectivity index (χ0n) is 12.2. The van der Waals surface area contributed by atoms with E-state index < -0.39 is 0 Å². The highest BCUT2D eigenvalue weighted by atomic mass is 16.5. The fourth-order valence-electron chi connectivity index (χ4n) is 4.30. The minimum atomic E-state index is -0.229. The summed E-state index contributed by atoms with van der Waals surface area (Å²) in [7, 11) is 4.02. The van der Waals surface area contributed by atoms with Gasteiger partial charge in [0.05, 0.1) is 5.60 Å². The summed E-state index contributed by atoms with van der Waals surface area (Å²) in [6.07, 6.45) is 5.43. The van der Waals surface area contributed by atoms with Gasteiger partial charge in [-0.15, -0.1) is 4.98 Å². The van der Waals surface area contributed by atoms with Crippen LogP contribution < -0.4 is 0 Å². The normalized spacial score (nSPS) is 33.6. The zero-order chi connectivity index (χ0) is 14.2. The predicted octanol–water partition coefficient (Wildman–Crippen LogP) is 2.84. The van der Waals surface area contributed by atoms with Crippen LogP contribution in [0.2, 0.25) is 0 Å². The third-order valence-corrected chi connectivity index (χ3v) is 5.03. The number of ether oxygens (including phenoxy) is 1. The topological polar surface area (TPSA) is 29.7 Å². The number of aromatic nitrogens is 1. The van der Waals surface area contributed by atoms with Gasteiger partial charge >= 0.3 is 0 Å². The van der Waals surface area contributed by atoms with Crippen molar-refractivity contribution in [3.63, 3.8) is 0 Å². The smallest absolute Gasteiger partial charge is 0.269 e. The maximum atomic E-state index is 7.18. The molecule has 1 aliphatic carbocycles. The quantitative estimate of drug-likeness (QED) is 0.775. The Bertz CT molecular complexity index is 523. The lowest BCUT2D eigenvalue weighted by molar-refractivity contribution is -0.165. The van der Waals surface area contributed by atoms with Crippen LogP contribution in [0, 0.1) is 18.4 Å². The molecule has 2 fully saturated rings. The van der Waals surface area contributed by atoms with Gasteiger partial charge in [-0.3, -0.25) is 0 Å². The van der Waals surface area contributed by atoms with E-state index in [1.807, 2.05) is 19.2 Å². The standard InChI is InChI=1S/C16H21N3O/c1-17-15-9-12(7-8-18-15)16(20-3)13-5-4-6-14(16)11-19(2)10-13/h7-9,13-14H,4-6,10-11H2,2-3H3. The Hall–Kier alpha value is -1.44. The number of piperidine rings is 1. The minimum Gasteiger partial charge on any atom is -0.373 e. The van der Waals surface area contributed by atoms with Gasteiger partial charge in [-0.25, -0.2) is 0 Å². The minimum absolute atomic E-state index is 0.229. The second kappa shape index (κ2) is 5.16. The molecule has 2 atom stereocenters. The first kappa shape index (κ1) is 13.5. The molecule has 2 aliphatic rings. The summed E-state index contributed by atoms with van der Waals surface area (Å²) in [5.74, 6) is 1.48. The first-order valence-electron chi connectivity index (χ1n) is 7.28. The molecule has 0 spiro atoms. The lowest BCUT2D eigenvalue weighted by Crippen LogP contribution is -2.58. The predicted molar refractivity (Wildman–Crippen MR) is 77.5 cm³/mol. The van der Waals surface area contributed by atoms with E-state index in [1.54, 1.807) is 6.20 Å². The van der Waals surface area contributed by atoms with Crippen LogP contribution in [0.25, 0.3) is 4.85 Å². The molecule has 4 nitrogen and oxygen atoms in total. The van der Waals surface area contributed by atoms with Gasteiger partial charge in [-0.2, -0.15) is 0 Å². The van der Waals surface area contributed by atoms with Gasteiger partial charge in [-0.1, -0.05) is 13.0 Å². The summed E-state index contributed by atoms with van der Waals surface area (Å²) < 4.78 is 6.12. The van der Waals surface area contributed by atoms with Crippen molar-refractivity contribution in [2.45, 2.75) is 24.9 Å². The molecule has 2 heterocycles. The first-order valence-corrected chi connectivity index (χ1v) is 7.28. The second-order valence-electron chi connectivity index (χ2n) is 6.06. The van der Waals surface area contributed by atoms with Crippen molar-refractivity contribution in [1.82, 2.24) is 9.88 Å². The van der Waals surface area contributed by atoms with Crippen LogP contribution in [0.1, 0.15) is 24.8 Å². The largest absolute Gasteiger partial charge is 0.373 e. The van der Waals surface area contributed by atoms with Crippen molar-refractivity contribution in [2.24, 2.45) is 11.8 Å². The van der Waals surface area contributed by atoms with Gasteiger partial charge in [-0.05, 0) is 37.6 Å². The molecule has 1 aromatic rings. The highest BCUT2D eigenvalue weighted by molar-refractivity contribution is 5.41. The molecule has 2 unspecified atom stereocenters. The van der Waals surface area contributed by atoms with Gasteiger partial charge in [0.2, 0.25) is 0 Å². The van der Waals surface area contributed by atoms with Crippen molar-refractivity contribution in [3.8, 4) is 0 Å². The fourth-order valence-corrected chi connectivity index (χ4v) is 4.30. The SMILES string of the molecule is [C-]#[N+]c1cc(C2(OC)C3CCCC2CN(C)C3)ccn1. The number of rotatable bonds is 2. The number of hydrogen-bond acceptors (Lipinski definition) is 3. The van der Waals surface area contributed by atoms with Crippen molar-refractivity contribution in [2.75, 3.05) is 27.2 Å². The van der Waals surface area contributed by atoms with Crippen molar-refractivity contribution in [1.29, 1.82) is 0 Å². The Morgan fingerprint density at radius 3 is 2.70 bits per heavy atom. The molecule has 0 amide bonds. The van der Waals surface area contributed by atoms with Crippen LogP contribution in [0.3, 0.4) is 0 Å². The molecule has 20 heavy (non-hydrogen) atoms. The van der Waals surface area contributed by atoms with E-state index >= 15 is 0 Å². The molecule has 0 aromatic carbocycles. The molecule has 0 N–H and O–H groups in total. The summed E-state index contributed by atoms with van der Waals surface area (Å²) in [6.45, 7) is 9.32. The van der Waals surface area contributed by atoms with E-state index in [9.17, 15) is 0 Å². The Kier molecular flexibility index (Phi) is 3.49. The first-order chi connectivity index (χ1) is 9.70. The molecule has 1 aliphatic heterocycles. The summed E-state index contributed by atoms with van der Waals surface area (Å²) >= 11 is 0. The number of pyridine rings is 1. The summed E-state index contributed by atoms with van der Waals surface area (Å²) in [4.78, 5) is 10.00. The van der Waals surface area contributed by atoms with Gasteiger partial charge in [0.25, 0.3) is 5.82 Å². The van der Waals surface area contributed by atoms with E-state index in [0.717, 1.165) is 18.7 Å². The Morgan fingerprint density at radius 2 is 2.10 bits per heavy atom. The summed E-state index contributed by atoms with van der Waals surface area (Å²) in [5, 5.41) is 0. The van der Waals surface area contributed by atoms with Crippen LogP contribution in [0.15, 0.2) is 18.3 Å². The van der Waals surface area contributed by atoms with Crippen LogP contribution in [0.4, 0.5) is 5.82 Å². The van der Waals surface area contributed by atoms with E-state index in [2.05, 4.69) is 21.8 Å². The monoisotopic (exact) mass is 271 g/mol. The fraction of sp³-hybridized carbons (Fsp3) is 0.625. The number of likely N-dealkylation sites (tertiary alicyclic amines) is 1. The molecule has 0 radical (unpaired) electrons. The Balaban J connectivity index is 2.08. The molecule has 106 valence electrons. The van der Waals surface area contributed by atoms with Gasteiger partial charge in [0, 0.05) is 32.0 Å². The van der Waals surface area contributed by atoms with Crippen molar-refractivity contribution < 1.29 is 4.74 Å². The maximum absolute atomic E-state index is 7.18. The average Bonchev–Trinajstić information content (AvgIpc) is 2.46. The Labute approximate surface area is 120 Å². The van der Waals surface area contributed by atoms with Crippen molar-refractivity contribution >= 4 is 5.82 Å². The van der Waals surface area contributed by atoms with Gasteiger partial charge in [0.1, 0.15) is 6.20 Å². The highest BCUT2D eigenvalue weighted by Crippen LogP contribution is 2.51. The molecule has 1 aromatic heterocycles. The van der Waals surface area contributed by atoms with Crippen LogP contribution >= 0.6 is 0 Å². The third kappa shape index (κ3) is 1.93. The molecule has 3 rings (SSSR count). The molecular weight excluding hydrogens is 250 g/mol. The van der Waals surface area contributed by atoms with E-state index in [-0.39, 0.29) is 5.60 Å². The van der Waals surface area contributed by atoms with Crippen molar-refractivity contribution in [3.05, 3.63) is 35.3 Å². The van der Waals surface area contributed by atoms with E-state index in [4.69, 9.17) is 11.3 Å². The zero-order valence-corrected chi connectivity index (χ0v) is 12.2. The van der Waals surface area contributed by atoms with Gasteiger partial charge in [0.15, 0.2) is 0 Å². The lowest BCUT2D eigenvalue weighted by atomic mass is 9.62. The second-order valence-corrected chi connectivity index (χ2v) is 6.06. The Morgan fingerprint density at radius 1 is 1.40 bits per heavy atom. The molecule has 4 heteroatoms. The van der Waals surface area contributed by atoms with E-state index in [0.29, 0.717) is 17.7 Å². The maximum Gasteiger partial charge on any atom is 0.269 e. The molecule has 1 saturated carbocycles. The number of methoxy groups -OCH3 is 1. The lowest BCUT2D eigenvalue weighted by Gasteiger charge is -2.54. The average molecular weight is 271 g/mol.